The van der Waals surface area contributed by atoms with E-state index in [4.69, 9.17) is 0 Å². The molecule has 7 nitrogen and oxygen atoms in total. The predicted octanol–water partition coefficient (Wildman–Crippen LogP) is 7.65. The van der Waals surface area contributed by atoms with Crippen molar-refractivity contribution in [2.45, 2.75) is 6.92 Å². The van der Waals surface area contributed by atoms with E-state index in [2.05, 4.69) is 0 Å². The Hall–Kier alpha value is -5.82. The van der Waals surface area contributed by atoms with E-state index in [1.54, 1.807) is 48.5 Å². The van der Waals surface area contributed by atoms with E-state index in [1.165, 1.54) is 43.3 Å². The summed E-state index contributed by atoms with van der Waals surface area (Å²) in [5, 5.41) is 28.2. The van der Waals surface area contributed by atoms with Crippen LogP contribution < -0.4 is 0 Å². The second-order valence-corrected chi connectivity index (χ2v) is 9.72. The summed E-state index contributed by atoms with van der Waals surface area (Å²) in [6.07, 6.45) is 0. The summed E-state index contributed by atoms with van der Waals surface area (Å²) in [6.45, 7) is 1.49. The molecule has 5 aromatic carbocycles. The van der Waals surface area contributed by atoms with E-state index in [0.717, 1.165) is 44.5 Å². The number of hydrogen-bond acceptors (Lipinski definition) is 4. The first-order valence-corrected chi connectivity index (χ1v) is 12.9. The van der Waals surface area contributed by atoms with Gasteiger partial charge in [0.25, 0.3) is 0 Å². The summed E-state index contributed by atoms with van der Waals surface area (Å²) in [4.78, 5) is 46.4. The van der Waals surface area contributed by atoms with E-state index in [0.29, 0.717) is 5.56 Å². The number of carboxylic acid groups (broad SMARTS) is 3. The summed E-state index contributed by atoms with van der Waals surface area (Å²) in [5.74, 6) is -3.20. The number of benzene rings is 5. The van der Waals surface area contributed by atoms with Crippen LogP contribution in [0.1, 0.15) is 48.4 Å². The van der Waals surface area contributed by atoms with Gasteiger partial charge in [-0.3, -0.25) is 4.79 Å². The lowest BCUT2D eigenvalue weighted by Crippen LogP contribution is -1.98. The molecule has 0 unspecified atom stereocenters. The van der Waals surface area contributed by atoms with E-state index in [9.17, 15) is 34.5 Å². The van der Waals surface area contributed by atoms with Gasteiger partial charge in [-0.05, 0) is 100.0 Å². The van der Waals surface area contributed by atoms with Crippen LogP contribution in [0.5, 0.6) is 0 Å². The van der Waals surface area contributed by atoms with Crippen LogP contribution in [0.3, 0.4) is 0 Å². The van der Waals surface area contributed by atoms with Gasteiger partial charge in [-0.25, -0.2) is 14.4 Å². The molecule has 0 atom stereocenters. The lowest BCUT2D eigenvalue weighted by molar-refractivity contribution is 0.0686. The lowest BCUT2D eigenvalue weighted by atomic mass is 9.85. The Labute approximate surface area is 241 Å². The summed E-state index contributed by atoms with van der Waals surface area (Å²) in [7, 11) is 0. The first-order chi connectivity index (χ1) is 20.1. The van der Waals surface area contributed by atoms with Crippen molar-refractivity contribution in [3.8, 4) is 44.5 Å². The number of Topliss-reactive ketones (excluding diaryl/α,β-unsaturated/α-hetero) is 1. The zero-order valence-electron chi connectivity index (χ0n) is 22.4. The molecule has 0 spiro atoms. The molecule has 42 heavy (non-hydrogen) atoms. The second kappa shape index (κ2) is 11.3. The minimum Gasteiger partial charge on any atom is -0.478 e. The Morgan fingerprint density at radius 3 is 0.786 bits per heavy atom. The third-order valence-corrected chi connectivity index (χ3v) is 7.09. The smallest absolute Gasteiger partial charge is 0.335 e. The van der Waals surface area contributed by atoms with E-state index >= 15 is 0 Å². The van der Waals surface area contributed by atoms with Crippen LogP contribution in [0, 0.1) is 0 Å². The summed E-state index contributed by atoms with van der Waals surface area (Å²) < 4.78 is 0. The summed E-state index contributed by atoms with van der Waals surface area (Å²) >= 11 is 0. The topological polar surface area (TPSA) is 129 Å². The highest BCUT2D eigenvalue weighted by Crippen LogP contribution is 2.42. The van der Waals surface area contributed by atoms with Crippen LogP contribution >= 0.6 is 0 Å². The standard InChI is InChI=1S/C35H24O7/c1-20(36)21-2-4-22(5-3-21)29-18-31(24-8-14-27(15-9-24)34(39)40)32(25-10-16-28(17-11-25)35(41)42)19-30(29)23-6-12-26(13-7-23)33(37)38/h2-19H,1H3,(H,37,38)(H,39,40)(H,41,42). The highest BCUT2D eigenvalue weighted by Gasteiger charge is 2.18. The van der Waals surface area contributed by atoms with Crippen molar-refractivity contribution in [3.63, 3.8) is 0 Å². The van der Waals surface area contributed by atoms with E-state index < -0.39 is 17.9 Å². The minimum atomic E-state index is -1.05. The SMILES string of the molecule is CC(=O)c1ccc(-c2cc(-c3ccc(C(=O)O)cc3)c(-c3ccc(C(=O)O)cc3)cc2-c2ccc(C(=O)O)cc2)cc1. The highest BCUT2D eigenvalue weighted by atomic mass is 16.4. The van der Waals surface area contributed by atoms with Crippen molar-refractivity contribution < 1.29 is 34.5 Å². The maximum Gasteiger partial charge on any atom is 0.335 e. The molecule has 0 heterocycles. The Bertz CT molecular complexity index is 1560. The average Bonchev–Trinajstić information content (AvgIpc) is 3.00. The molecule has 0 fully saturated rings. The molecule has 5 rings (SSSR count). The predicted molar refractivity (Wildman–Crippen MR) is 159 cm³/mol. The van der Waals surface area contributed by atoms with Crippen LogP contribution in [-0.2, 0) is 0 Å². The molecular formula is C35H24O7. The van der Waals surface area contributed by atoms with Crippen LogP contribution in [0.4, 0.5) is 0 Å². The van der Waals surface area contributed by atoms with Gasteiger partial charge in [-0.15, -0.1) is 0 Å². The molecule has 0 aromatic heterocycles. The quantitative estimate of drug-likeness (QED) is 0.167. The fourth-order valence-electron chi connectivity index (χ4n) is 4.82. The van der Waals surface area contributed by atoms with Gasteiger partial charge >= 0.3 is 17.9 Å². The maximum atomic E-state index is 11.9. The molecule has 0 radical (unpaired) electrons. The Morgan fingerprint density at radius 2 is 0.595 bits per heavy atom. The molecule has 5 aromatic rings. The summed E-state index contributed by atoms with van der Waals surface area (Å²) in [6, 6.07) is 30.6. The number of hydrogen-bond donors (Lipinski definition) is 3. The molecular weight excluding hydrogens is 532 g/mol. The van der Waals surface area contributed by atoms with E-state index in [1.807, 2.05) is 24.3 Å². The number of carbonyl (C=O) groups excluding carboxylic acids is 1. The molecule has 3 N–H and O–H groups in total. The molecule has 206 valence electrons. The molecule has 0 aliphatic carbocycles. The molecule has 0 saturated carbocycles. The van der Waals surface area contributed by atoms with Crippen molar-refractivity contribution in [2.75, 3.05) is 0 Å². The van der Waals surface area contributed by atoms with Gasteiger partial charge in [0.15, 0.2) is 5.78 Å². The van der Waals surface area contributed by atoms with Crippen LogP contribution in [0.15, 0.2) is 109 Å². The van der Waals surface area contributed by atoms with Gasteiger partial charge in [0, 0.05) is 5.56 Å². The summed E-state index contributed by atoms with van der Waals surface area (Å²) in [5.41, 5.74) is 7.14. The monoisotopic (exact) mass is 556 g/mol. The van der Waals surface area contributed by atoms with Crippen molar-refractivity contribution in [1.82, 2.24) is 0 Å². The molecule has 0 aliphatic rings. The third-order valence-electron chi connectivity index (χ3n) is 7.09. The third kappa shape index (κ3) is 5.57. The lowest BCUT2D eigenvalue weighted by Gasteiger charge is -2.19. The molecule has 0 bridgehead atoms. The zero-order chi connectivity index (χ0) is 30.0. The van der Waals surface area contributed by atoms with Gasteiger partial charge in [-0.1, -0.05) is 60.7 Å². The number of rotatable bonds is 8. The number of carboxylic acids is 3. The number of carbonyl (C=O) groups is 4. The van der Waals surface area contributed by atoms with E-state index in [-0.39, 0.29) is 22.5 Å². The van der Waals surface area contributed by atoms with Gasteiger partial charge in [0.1, 0.15) is 0 Å². The normalized spacial score (nSPS) is 10.7. The van der Waals surface area contributed by atoms with Crippen LogP contribution in [0.2, 0.25) is 0 Å². The molecule has 7 heteroatoms. The largest absolute Gasteiger partial charge is 0.478 e. The minimum absolute atomic E-state index is 0.0644. The van der Waals surface area contributed by atoms with Gasteiger partial charge in [0.2, 0.25) is 0 Å². The fraction of sp³-hybridized carbons (Fsp3) is 0.0286. The second-order valence-electron chi connectivity index (χ2n) is 9.72. The first-order valence-electron chi connectivity index (χ1n) is 12.9. The van der Waals surface area contributed by atoms with Crippen molar-refractivity contribution in [2.24, 2.45) is 0 Å². The van der Waals surface area contributed by atoms with Crippen molar-refractivity contribution >= 4 is 23.7 Å². The molecule has 0 amide bonds. The Kier molecular flexibility index (Phi) is 7.49. The van der Waals surface area contributed by atoms with Crippen LogP contribution in [0.25, 0.3) is 44.5 Å². The molecule has 0 aliphatic heterocycles. The first kappa shape index (κ1) is 27.7. The van der Waals surface area contributed by atoms with Crippen molar-refractivity contribution in [1.29, 1.82) is 0 Å². The highest BCUT2D eigenvalue weighted by molar-refractivity contribution is 5.98. The zero-order valence-corrected chi connectivity index (χ0v) is 22.4. The maximum absolute atomic E-state index is 11.9. The Morgan fingerprint density at radius 1 is 0.381 bits per heavy atom. The van der Waals surface area contributed by atoms with Crippen LogP contribution in [-0.4, -0.2) is 39.0 Å². The number of ketones is 1. The van der Waals surface area contributed by atoms with Gasteiger partial charge in [0.05, 0.1) is 16.7 Å². The molecule has 0 saturated heterocycles. The van der Waals surface area contributed by atoms with Crippen molar-refractivity contribution in [3.05, 3.63) is 131 Å². The average molecular weight is 557 g/mol. The van der Waals surface area contributed by atoms with Gasteiger partial charge in [-0.2, -0.15) is 0 Å². The van der Waals surface area contributed by atoms with Gasteiger partial charge < -0.3 is 15.3 Å². The Balaban J connectivity index is 1.80. The fourth-order valence-corrected chi connectivity index (χ4v) is 4.82. The number of aromatic carboxylic acids is 3.